The highest BCUT2D eigenvalue weighted by molar-refractivity contribution is 5.85. The van der Waals surface area contributed by atoms with Gasteiger partial charge in [-0.05, 0) is 50.2 Å². The number of anilines is 1. The fourth-order valence-corrected chi connectivity index (χ4v) is 3.94. The fraction of sp³-hybridized carbons (Fsp3) is 0.667. The van der Waals surface area contributed by atoms with E-state index >= 15 is 0 Å². The summed E-state index contributed by atoms with van der Waals surface area (Å²) < 4.78 is 5.26. The Morgan fingerprint density at radius 3 is 2.07 bits per heavy atom. The summed E-state index contributed by atoms with van der Waals surface area (Å²) in [6, 6.07) is 7.83. The molecule has 0 spiro atoms. The Morgan fingerprint density at radius 1 is 0.926 bits per heavy atom. The zero-order valence-corrected chi connectivity index (χ0v) is 17.1. The van der Waals surface area contributed by atoms with Gasteiger partial charge in [-0.3, -0.25) is 11.5 Å². The van der Waals surface area contributed by atoms with Crippen LogP contribution in [0.25, 0.3) is 0 Å². The maximum absolute atomic E-state index is 6.62. The maximum atomic E-state index is 6.62. The molecule has 2 aliphatic heterocycles. The van der Waals surface area contributed by atoms with Crippen molar-refractivity contribution in [3.63, 3.8) is 0 Å². The van der Waals surface area contributed by atoms with Gasteiger partial charge in [-0.1, -0.05) is 6.92 Å². The Hall–Kier alpha value is -1.13. The van der Waals surface area contributed by atoms with E-state index in [0.717, 1.165) is 44.2 Å². The van der Waals surface area contributed by atoms with Gasteiger partial charge in [0.05, 0.1) is 7.11 Å². The van der Waals surface area contributed by atoms with Crippen LogP contribution in [0.15, 0.2) is 24.3 Å². The third kappa shape index (κ3) is 4.65. The quantitative estimate of drug-likeness (QED) is 0.631. The Balaban J connectivity index is 0.00000261. The molecular formula is C18H34ClN7O. The van der Waals surface area contributed by atoms with Crippen molar-refractivity contribution in [3.8, 4) is 5.75 Å². The van der Waals surface area contributed by atoms with Gasteiger partial charge in [-0.15, -0.1) is 12.4 Å². The van der Waals surface area contributed by atoms with E-state index in [4.69, 9.17) is 21.9 Å². The third-order valence-corrected chi connectivity index (χ3v) is 5.54. The first-order valence-corrected chi connectivity index (χ1v) is 9.49. The molecule has 0 bridgehead atoms. The Morgan fingerprint density at radius 2 is 1.52 bits per heavy atom. The van der Waals surface area contributed by atoms with Crippen LogP contribution in [0, 0.1) is 0 Å². The zero-order chi connectivity index (χ0) is 18.7. The van der Waals surface area contributed by atoms with Gasteiger partial charge < -0.3 is 20.3 Å². The highest BCUT2D eigenvalue weighted by Crippen LogP contribution is 2.27. The van der Waals surface area contributed by atoms with E-state index in [2.05, 4.69) is 21.6 Å². The van der Waals surface area contributed by atoms with Gasteiger partial charge >= 0.3 is 0 Å². The number of methoxy groups -OCH3 is 1. The summed E-state index contributed by atoms with van der Waals surface area (Å²) in [6.07, 6.45) is 1.52. The first-order chi connectivity index (χ1) is 12.6. The Bertz CT molecular complexity index is 569. The molecule has 0 amide bonds. The molecule has 3 unspecified atom stereocenters. The molecule has 1 aromatic carbocycles. The summed E-state index contributed by atoms with van der Waals surface area (Å²) in [5.74, 6) is 0.808. The first kappa shape index (κ1) is 22.2. The molecule has 2 heterocycles. The van der Waals surface area contributed by atoms with Gasteiger partial charge in [0.1, 0.15) is 24.6 Å². The van der Waals surface area contributed by atoms with Crippen molar-refractivity contribution >= 4 is 18.1 Å². The molecule has 2 fully saturated rings. The number of halogens is 1. The predicted octanol–water partition coefficient (Wildman–Crippen LogP) is 0.384. The molecule has 6 N–H and O–H groups in total. The molecule has 2 aliphatic rings. The van der Waals surface area contributed by atoms with Crippen molar-refractivity contribution in [1.29, 1.82) is 0 Å². The van der Waals surface area contributed by atoms with Crippen molar-refractivity contribution < 1.29 is 4.74 Å². The lowest BCUT2D eigenvalue weighted by Crippen LogP contribution is -2.78. The minimum Gasteiger partial charge on any atom is -0.497 e. The lowest BCUT2D eigenvalue weighted by molar-refractivity contribution is -0.0588. The third-order valence-electron chi connectivity index (χ3n) is 5.54. The summed E-state index contributed by atoms with van der Waals surface area (Å²) >= 11 is 0. The van der Waals surface area contributed by atoms with Gasteiger partial charge in [-0.2, -0.15) is 0 Å². The molecule has 0 saturated carbocycles. The van der Waals surface area contributed by atoms with Crippen LogP contribution in [-0.2, 0) is 0 Å². The van der Waals surface area contributed by atoms with E-state index in [1.54, 1.807) is 7.11 Å². The van der Waals surface area contributed by atoms with Crippen molar-refractivity contribution in [2.45, 2.75) is 38.6 Å². The van der Waals surface area contributed by atoms with Gasteiger partial charge in [0, 0.05) is 25.3 Å². The monoisotopic (exact) mass is 399 g/mol. The SMILES string of the molecule is CCN1C(N)N(CCN2CCCC2)C(N)N(c2ccc(OC)cc2)C1N.Cl. The molecule has 0 radical (unpaired) electrons. The second kappa shape index (κ2) is 9.88. The molecule has 3 atom stereocenters. The molecule has 2 saturated heterocycles. The van der Waals surface area contributed by atoms with E-state index in [-0.39, 0.29) is 31.3 Å². The fourth-order valence-electron chi connectivity index (χ4n) is 3.94. The minimum absolute atomic E-state index is 0. The molecule has 1 aromatic rings. The van der Waals surface area contributed by atoms with E-state index in [1.807, 2.05) is 29.2 Å². The van der Waals surface area contributed by atoms with E-state index in [9.17, 15) is 0 Å². The maximum Gasteiger partial charge on any atom is 0.139 e. The van der Waals surface area contributed by atoms with Crippen LogP contribution in [0.1, 0.15) is 19.8 Å². The number of hydrogen-bond donors (Lipinski definition) is 3. The highest BCUT2D eigenvalue weighted by Gasteiger charge is 2.41. The molecule has 154 valence electrons. The Labute approximate surface area is 168 Å². The lowest BCUT2D eigenvalue weighted by Gasteiger charge is -2.55. The zero-order valence-electron chi connectivity index (χ0n) is 16.3. The number of nitrogens with zero attached hydrogens (tertiary/aromatic N) is 4. The van der Waals surface area contributed by atoms with Crippen LogP contribution in [0.2, 0.25) is 0 Å². The molecular weight excluding hydrogens is 366 g/mol. The van der Waals surface area contributed by atoms with E-state index < -0.39 is 0 Å². The number of nitrogens with two attached hydrogens (primary N) is 3. The highest BCUT2D eigenvalue weighted by atomic mass is 35.5. The van der Waals surface area contributed by atoms with Gasteiger partial charge in [0.25, 0.3) is 0 Å². The average Bonchev–Trinajstić information content (AvgIpc) is 3.16. The smallest absolute Gasteiger partial charge is 0.139 e. The molecule has 27 heavy (non-hydrogen) atoms. The summed E-state index contributed by atoms with van der Waals surface area (Å²) in [5.41, 5.74) is 20.6. The number of benzene rings is 1. The molecule has 0 aromatic heterocycles. The van der Waals surface area contributed by atoms with Gasteiger partial charge in [0.15, 0.2) is 0 Å². The van der Waals surface area contributed by atoms with Crippen LogP contribution in [0.3, 0.4) is 0 Å². The average molecular weight is 400 g/mol. The normalized spacial score (nSPS) is 27.6. The van der Waals surface area contributed by atoms with Crippen LogP contribution in [-0.4, -0.2) is 73.4 Å². The van der Waals surface area contributed by atoms with Crippen LogP contribution < -0.4 is 26.8 Å². The molecule has 9 heteroatoms. The van der Waals surface area contributed by atoms with Crippen molar-refractivity contribution in [2.75, 3.05) is 44.7 Å². The molecule has 3 rings (SSSR count). The summed E-state index contributed by atoms with van der Waals surface area (Å²) in [5, 5.41) is 0. The topological polar surface area (TPSA) is 100 Å². The first-order valence-electron chi connectivity index (χ1n) is 9.49. The standard InChI is InChI=1S/C18H33N7O.ClH/c1-3-23-16(19)24(13-12-22-10-4-5-11-22)18(21)25(17(23)20)14-6-8-15(26-2)9-7-14;/h6-9,16-18H,3-5,10-13,19-21H2,1-2H3;1H. The van der Waals surface area contributed by atoms with Crippen molar-refractivity contribution in [1.82, 2.24) is 14.7 Å². The van der Waals surface area contributed by atoms with E-state index in [0.29, 0.717) is 0 Å². The lowest BCUT2D eigenvalue weighted by atomic mass is 10.2. The van der Waals surface area contributed by atoms with Crippen molar-refractivity contribution in [3.05, 3.63) is 24.3 Å². The Kier molecular flexibility index (Phi) is 8.11. The summed E-state index contributed by atoms with van der Waals surface area (Å²) in [6.45, 7) is 6.95. The van der Waals surface area contributed by atoms with Crippen LogP contribution in [0.5, 0.6) is 5.75 Å². The van der Waals surface area contributed by atoms with Gasteiger partial charge in [0.2, 0.25) is 0 Å². The largest absolute Gasteiger partial charge is 0.497 e. The summed E-state index contributed by atoms with van der Waals surface area (Å²) in [4.78, 5) is 8.70. The molecule has 0 aliphatic carbocycles. The second-order valence-electron chi connectivity index (χ2n) is 6.96. The summed E-state index contributed by atoms with van der Waals surface area (Å²) in [7, 11) is 1.66. The molecule has 8 nitrogen and oxygen atoms in total. The van der Waals surface area contributed by atoms with Crippen LogP contribution in [0.4, 0.5) is 5.69 Å². The van der Waals surface area contributed by atoms with Crippen molar-refractivity contribution in [2.24, 2.45) is 17.2 Å². The number of likely N-dealkylation sites (tertiary alicyclic amines) is 1. The predicted molar refractivity (Wildman–Crippen MR) is 111 cm³/mol. The number of rotatable bonds is 6. The number of hydrogen-bond acceptors (Lipinski definition) is 8. The van der Waals surface area contributed by atoms with E-state index in [1.165, 1.54) is 12.8 Å². The van der Waals surface area contributed by atoms with Gasteiger partial charge in [-0.25, -0.2) is 9.80 Å². The van der Waals surface area contributed by atoms with Crippen LogP contribution >= 0.6 is 12.4 Å². The number of ether oxygens (including phenoxy) is 1. The minimum atomic E-state index is -0.376. The second-order valence-corrected chi connectivity index (χ2v) is 6.96.